The van der Waals surface area contributed by atoms with Crippen LogP contribution in [-0.4, -0.2) is 37.7 Å². The summed E-state index contributed by atoms with van der Waals surface area (Å²) in [5.41, 5.74) is 7.22. The first kappa shape index (κ1) is 30.8. The molecule has 50 heavy (non-hydrogen) atoms. The smallest absolute Gasteiger partial charge is 0.287 e. The summed E-state index contributed by atoms with van der Waals surface area (Å²) in [7, 11) is 1.63. The quantitative estimate of drug-likeness (QED) is 0.153. The standard InChI is InChI=1S/C42H34N6O2/c1-28(30-13-12-20-34(25-30)50-2)44-41(49)40-45-36-26-35-38(27-37(36)46-40)48(47-39(35)29-21-23-43-24-22-29)42(31-14-6-3-7-15-31,32-16-8-4-9-17-32)33-18-10-5-11-19-33/h3-28H,1-2H3,(H,44,49)(H,45,46). The van der Waals surface area contributed by atoms with E-state index in [9.17, 15) is 4.79 Å². The van der Waals surface area contributed by atoms with Gasteiger partial charge < -0.3 is 15.0 Å². The van der Waals surface area contributed by atoms with Gasteiger partial charge in [-0.2, -0.15) is 5.10 Å². The average Bonchev–Trinajstić information content (AvgIpc) is 3.77. The third-order valence-electron chi connectivity index (χ3n) is 9.29. The molecule has 0 aliphatic carbocycles. The number of aromatic amines is 1. The number of nitrogens with one attached hydrogen (secondary N) is 2. The Morgan fingerprint density at radius 1 is 0.780 bits per heavy atom. The number of H-pyrrole nitrogens is 1. The lowest BCUT2D eigenvalue weighted by molar-refractivity contribution is 0.0930. The highest BCUT2D eigenvalue weighted by Crippen LogP contribution is 2.44. The third kappa shape index (κ3) is 5.27. The second kappa shape index (κ2) is 12.8. The lowest BCUT2D eigenvalue weighted by Crippen LogP contribution is -2.38. The number of fused-ring (bicyclic) bond motifs is 2. The molecule has 1 atom stereocenters. The van der Waals surface area contributed by atoms with Crippen molar-refractivity contribution in [2.45, 2.75) is 18.5 Å². The molecule has 244 valence electrons. The van der Waals surface area contributed by atoms with Gasteiger partial charge in [0.25, 0.3) is 5.91 Å². The van der Waals surface area contributed by atoms with Gasteiger partial charge >= 0.3 is 0 Å². The Labute approximate surface area is 289 Å². The van der Waals surface area contributed by atoms with Crippen molar-refractivity contribution in [3.63, 3.8) is 0 Å². The number of rotatable bonds is 9. The van der Waals surface area contributed by atoms with Crippen molar-refractivity contribution < 1.29 is 9.53 Å². The molecule has 3 aromatic heterocycles. The molecule has 2 N–H and O–H groups in total. The number of carbonyl (C=O) groups excluding carboxylic acids is 1. The maximum absolute atomic E-state index is 13.6. The zero-order valence-corrected chi connectivity index (χ0v) is 27.6. The predicted molar refractivity (Wildman–Crippen MR) is 196 cm³/mol. The molecular weight excluding hydrogens is 621 g/mol. The number of nitrogens with zero attached hydrogens (tertiary/aromatic N) is 4. The number of pyridine rings is 1. The van der Waals surface area contributed by atoms with Crippen molar-refractivity contribution in [1.29, 1.82) is 0 Å². The monoisotopic (exact) mass is 654 g/mol. The molecule has 0 saturated heterocycles. The first-order valence-electron chi connectivity index (χ1n) is 16.5. The number of benzene rings is 5. The van der Waals surface area contributed by atoms with E-state index >= 15 is 0 Å². The van der Waals surface area contributed by atoms with Crippen LogP contribution < -0.4 is 10.1 Å². The van der Waals surface area contributed by atoms with Gasteiger partial charge in [0.1, 0.15) is 17.0 Å². The summed E-state index contributed by atoms with van der Waals surface area (Å²) in [6.07, 6.45) is 3.55. The molecule has 1 unspecified atom stereocenters. The molecule has 0 saturated carbocycles. The van der Waals surface area contributed by atoms with E-state index in [0.717, 1.165) is 55.7 Å². The fourth-order valence-electron chi connectivity index (χ4n) is 6.87. The van der Waals surface area contributed by atoms with Gasteiger partial charge in [-0.1, -0.05) is 103 Å². The number of amides is 1. The van der Waals surface area contributed by atoms with Gasteiger partial charge in [0.05, 0.1) is 29.7 Å². The molecule has 0 bridgehead atoms. The summed E-state index contributed by atoms with van der Waals surface area (Å²) in [6, 6.07) is 46.8. The highest BCUT2D eigenvalue weighted by molar-refractivity contribution is 6.03. The van der Waals surface area contributed by atoms with Crippen LogP contribution in [-0.2, 0) is 5.54 Å². The van der Waals surface area contributed by atoms with Crippen molar-refractivity contribution in [3.05, 3.63) is 180 Å². The first-order chi connectivity index (χ1) is 24.6. The summed E-state index contributed by atoms with van der Waals surface area (Å²) in [5.74, 6) is 0.659. The van der Waals surface area contributed by atoms with Crippen LogP contribution in [0.1, 0.15) is 45.8 Å². The SMILES string of the molecule is COc1cccc(C(C)NC(=O)c2nc3cc4c(-c5ccncc5)nn(C(c5ccccc5)(c5ccccc5)c5ccccc5)c4cc3[nH]2)c1. The molecule has 0 aliphatic rings. The molecule has 8 aromatic rings. The average molecular weight is 655 g/mol. The molecule has 5 aromatic carbocycles. The summed E-state index contributed by atoms with van der Waals surface area (Å²) >= 11 is 0. The molecule has 1 amide bonds. The van der Waals surface area contributed by atoms with E-state index in [2.05, 4.69) is 98.8 Å². The largest absolute Gasteiger partial charge is 0.497 e. The minimum absolute atomic E-state index is 0.229. The molecule has 8 nitrogen and oxygen atoms in total. The van der Waals surface area contributed by atoms with E-state index in [1.807, 2.05) is 67.6 Å². The van der Waals surface area contributed by atoms with E-state index in [1.165, 1.54) is 0 Å². The van der Waals surface area contributed by atoms with E-state index < -0.39 is 5.54 Å². The molecule has 0 fully saturated rings. The molecule has 8 heteroatoms. The number of aromatic nitrogens is 5. The molecule has 0 aliphatic heterocycles. The fraction of sp³-hybridized carbons (Fsp3) is 0.0952. The van der Waals surface area contributed by atoms with Gasteiger partial charge in [-0.3, -0.25) is 9.78 Å². The van der Waals surface area contributed by atoms with Crippen LogP contribution in [0.25, 0.3) is 33.2 Å². The van der Waals surface area contributed by atoms with Crippen LogP contribution in [0.15, 0.2) is 152 Å². The number of ether oxygens (including phenoxy) is 1. The van der Waals surface area contributed by atoms with Gasteiger partial charge in [0.15, 0.2) is 5.82 Å². The maximum atomic E-state index is 13.6. The highest BCUT2D eigenvalue weighted by Gasteiger charge is 2.41. The molecule has 0 radical (unpaired) electrons. The number of imidazole rings is 1. The van der Waals surface area contributed by atoms with Crippen molar-refractivity contribution in [3.8, 4) is 17.0 Å². The minimum Gasteiger partial charge on any atom is -0.497 e. The lowest BCUT2D eigenvalue weighted by atomic mass is 9.77. The van der Waals surface area contributed by atoms with Crippen LogP contribution in [0.3, 0.4) is 0 Å². The van der Waals surface area contributed by atoms with Crippen molar-refractivity contribution in [2.24, 2.45) is 0 Å². The van der Waals surface area contributed by atoms with Gasteiger partial charge in [-0.05, 0) is 65.6 Å². The molecule has 3 heterocycles. The second-order valence-electron chi connectivity index (χ2n) is 12.2. The minimum atomic E-state index is -0.854. The van der Waals surface area contributed by atoms with Crippen LogP contribution >= 0.6 is 0 Å². The Kier molecular flexibility index (Phi) is 7.89. The van der Waals surface area contributed by atoms with Crippen molar-refractivity contribution >= 4 is 27.8 Å². The van der Waals surface area contributed by atoms with Crippen LogP contribution in [0.2, 0.25) is 0 Å². The highest BCUT2D eigenvalue weighted by atomic mass is 16.5. The van der Waals surface area contributed by atoms with Crippen molar-refractivity contribution in [2.75, 3.05) is 7.11 Å². The summed E-state index contributed by atoms with van der Waals surface area (Å²) in [4.78, 5) is 26.0. The van der Waals surface area contributed by atoms with Crippen LogP contribution in [0.4, 0.5) is 0 Å². The number of carbonyl (C=O) groups is 1. The zero-order chi connectivity index (χ0) is 34.1. The summed E-state index contributed by atoms with van der Waals surface area (Å²) in [5, 5.41) is 9.45. The Morgan fingerprint density at radius 2 is 1.40 bits per heavy atom. The predicted octanol–water partition coefficient (Wildman–Crippen LogP) is 8.31. The van der Waals surface area contributed by atoms with Gasteiger partial charge in [-0.15, -0.1) is 0 Å². The molecular formula is C42H34N6O2. The van der Waals surface area contributed by atoms with Crippen molar-refractivity contribution in [1.82, 2.24) is 30.0 Å². The van der Waals surface area contributed by atoms with Gasteiger partial charge in [0.2, 0.25) is 0 Å². The fourth-order valence-corrected chi connectivity index (χ4v) is 6.87. The Morgan fingerprint density at radius 3 is 2.00 bits per heavy atom. The number of methoxy groups -OCH3 is 1. The number of hydrogen-bond donors (Lipinski definition) is 2. The topological polar surface area (TPSA) is 97.7 Å². The Hall–Kier alpha value is -6.54. The van der Waals surface area contributed by atoms with Gasteiger partial charge in [-0.25, -0.2) is 9.67 Å². The first-order valence-corrected chi connectivity index (χ1v) is 16.5. The molecule has 0 spiro atoms. The maximum Gasteiger partial charge on any atom is 0.287 e. The Balaban J connectivity index is 1.35. The number of hydrogen-bond acceptors (Lipinski definition) is 5. The second-order valence-corrected chi connectivity index (χ2v) is 12.2. The third-order valence-corrected chi connectivity index (χ3v) is 9.29. The van der Waals surface area contributed by atoms with E-state index in [4.69, 9.17) is 14.8 Å². The normalized spacial score (nSPS) is 12.2. The zero-order valence-electron chi connectivity index (χ0n) is 27.6. The summed E-state index contributed by atoms with van der Waals surface area (Å²) in [6.45, 7) is 1.94. The lowest BCUT2D eigenvalue weighted by Gasteiger charge is -2.37. The molecule has 8 rings (SSSR count). The van der Waals surface area contributed by atoms with E-state index in [-0.39, 0.29) is 17.8 Å². The van der Waals surface area contributed by atoms with E-state index in [1.54, 1.807) is 19.5 Å². The van der Waals surface area contributed by atoms with Crippen LogP contribution in [0, 0.1) is 0 Å². The van der Waals surface area contributed by atoms with Crippen LogP contribution in [0.5, 0.6) is 5.75 Å². The van der Waals surface area contributed by atoms with Gasteiger partial charge in [0, 0.05) is 23.3 Å². The van der Waals surface area contributed by atoms with E-state index in [0.29, 0.717) is 5.52 Å². The Bertz CT molecular complexity index is 2330. The summed E-state index contributed by atoms with van der Waals surface area (Å²) < 4.78 is 7.51.